The number of ether oxygens (including phenoxy) is 3. The first kappa shape index (κ1) is 18.3. The average molecular weight is 385 g/mol. The van der Waals surface area contributed by atoms with Crippen LogP contribution in [0.15, 0.2) is 30.5 Å². The molecular weight excluding hydrogens is 368 g/mol. The lowest BCUT2D eigenvalue weighted by Gasteiger charge is -2.19. The number of nitrogens with zero attached hydrogens (tertiary/aromatic N) is 1. The highest BCUT2D eigenvalue weighted by Gasteiger charge is 2.31. The molecule has 0 amide bonds. The van der Waals surface area contributed by atoms with E-state index in [0.29, 0.717) is 28.6 Å². The number of benzene rings is 1. The van der Waals surface area contributed by atoms with Crippen molar-refractivity contribution in [1.29, 1.82) is 0 Å². The van der Waals surface area contributed by atoms with Crippen LogP contribution in [-0.2, 0) is 16.9 Å². The first-order valence-electron chi connectivity index (χ1n) is 7.56. The summed E-state index contributed by atoms with van der Waals surface area (Å²) in [5.41, 5.74) is 1.07. The summed E-state index contributed by atoms with van der Waals surface area (Å²) in [7, 11) is 2.99. The second-order valence-corrected chi connectivity index (χ2v) is 6.79. The van der Waals surface area contributed by atoms with Gasteiger partial charge in [0, 0.05) is 18.3 Å². The smallest absolute Gasteiger partial charge is 0.387 e. The maximum absolute atomic E-state index is 12.7. The molecule has 2 unspecified atom stereocenters. The Morgan fingerprint density at radius 1 is 1.19 bits per heavy atom. The van der Waals surface area contributed by atoms with Crippen molar-refractivity contribution in [2.75, 3.05) is 24.9 Å². The van der Waals surface area contributed by atoms with Crippen LogP contribution in [0.5, 0.6) is 17.2 Å². The lowest BCUT2D eigenvalue weighted by Crippen LogP contribution is -2.33. The highest BCUT2D eigenvalue weighted by Crippen LogP contribution is 2.36. The Labute approximate surface area is 151 Å². The highest BCUT2D eigenvalue weighted by atomic mass is 32.2. The minimum Gasteiger partial charge on any atom is -0.613 e. The zero-order valence-corrected chi connectivity index (χ0v) is 14.8. The van der Waals surface area contributed by atoms with Crippen molar-refractivity contribution in [1.82, 2.24) is 4.98 Å². The maximum Gasteiger partial charge on any atom is 0.387 e. The van der Waals surface area contributed by atoms with Crippen LogP contribution in [0.1, 0.15) is 5.69 Å². The topological polar surface area (TPSA) is 87.7 Å². The zero-order valence-electron chi connectivity index (χ0n) is 14.0. The van der Waals surface area contributed by atoms with E-state index in [1.54, 1.807) is 18.3 Å². The molecule has 2 heterocycles. The van der Waals surface area contributed by atoms with Crippen LogP contribution in [0.4, 0.5) is 20.2 Å². The van der Waals surface area contributed by atoms with Gasteiger partial charge in [0.15, 0.2) is 17.3 Å². The van der Waals surface area contributed by atoms with E-state index in [4.69, 9.17) is 9.47 Å². The van der Waals surface area contributed by atoms with E-state index < -0.39 is 23.3 Å². The number of hydrogen-bond donors (Lipinski definition) is 2. The Hall–Kier alpha value is -2.46. The molecule has 7 nitrogen and oxygen atoms in total. The molecule has 0 fully saturated rings. The molecule has 10 heteroatoms. The molecule has 1 aliphatic rings. The van der Waals surface area contributed by atoms with Crippen LogP contribution >= 0.6 is 0 Å². The van der Waals surface area contributed by atoms with E-state index in [1.807, 2.05) is 0 Å². The van der Waals surface area contributed by atoms with Gasteiger partial charge in [-0.15, -0.1) is 0 Å². The molecular formula is C16H17F2N3O4S. The maximum atomic E-state index is 12.7. The SMILES string of the molecule is COc1ccnc(C[S+]([O-])C2Nc3ccc(OC(F)F)cc3N2)c1OC. The molecule has 1 aromatic carbocycles. The second-order valence-electron chi connectivity index (χ2n) is 5.27. The van der Waals surface area contributed by atoms with Crippen molar-refractivity contribution in [3.63, 3.8) is 0 Å². The summed E-state index contributed by atoms with van der Waals surface area (Å²) in [5, 5.41) is 6.05. The number of rotatable bonds is 7. The van der Waals surface area contributed by atoms with Gasteiger partial charge in [0.05, 0.1) is 25.6 Å². The summed E-state index contributed by atoms with van der Waals surface area (Å²) >= 11 is -1.42. The lowest BCUT2D eigenvalue weighted by molar-refractivity contribution is -0.0497. The largest absolute Gasteiger partial charge is 0.613 e. The van der Waals surface area contributed by atoms with Crippen LogP contribution in [0.25, 0.3) is 0 Å². The number of nitrogens with one attached hydrogen (secondary N) is 2. The van der Waals surface area contributed by atoms with Gasteiger partial charge in [0.2, 0.25) is 0 Å². The number of hydrogen-bond acceptors (Lipinski definition) is 7. The number of halogens is 2. The van der Waals surface area contributed by atoms with Crippen molar-refractivity contribution in [2.45, 2.75) is 17.9 Å². The van der Waals surface area contributed by atoms with Gasteiger partial charge in [-0.1, -0.05) is 0 Å². The van der Waals surface area contributed by atoms with Gasteiger partial charge in [-0.05, 0) is 23.3 Å². The third-order valence-corrected chi connectivity index (χ3v) is 5.02. The number of anilines is 2. The van der Waals surface area contributed by atoms with Gasteiger partial charge in [-0.2, -0.15) is 8.78 Å². The van der Waals surface area contributed by atoms with Crippen molar-refractivity contribution in [2.24, 2.45) is 0 Å². The third kappa shape index (κ3) is 3.86. The molecule has 0 spiro atoms. The van der Waals surface area contributed by atoms with Gasteiger partial charge in [0.1, 0.15) is 11.4 Å². The summed E-state index contributed by atoms with van der Waals surface area (Å²) < 4.78 is 52.2. The molecule has 0 aliphatic carbocycles. The number of fused-ring (bicyclic) bond motifs is 1. The Bertz CT molecular complexity index is 781. The second kappa shape index (κ2) is 7.83. The number of methoxy groups -OCH3 is 2. The average Bonchev–Trinajstić information content (AvgIpc) is 3.04. The zero-order chi connectivity index (χ0) is 18.7. The lowest BCUT2D eigenvalue weighted by atomic mass is 10.2. The number of aromatic nitrogens is 1. The van der Waals surface area contributed by atoms with Crippen LogP contribution in [-0.4, -0.2) is 35.9 Å². The number of pyridine rings is 1. The molecule has 0 radical (unpaired) electrons. The van der Waals surface area contributed by atoms with Crippen LogP contribution in [0.2, 0.25) is 0 Å². The summed E-state index contributed by atoms with van der Waals surface area (Å²) in [6, 6.07) is 6.08. The van der Waals surface area contributed by atoms with E-state index in [2.05, 4.69) is 20.4 Å². The molecule has 0 saturated carbocycles. The fraction of sp³-hybridized carbons (Fsp3) is 0.312. The van der Waals surface area contributed by atoms with Gasteiger partial charge in [0.25, 0.3) is 5.50 Å². The molecule has 1 aromatic heterocycles. The molecule has 3 rings (SSSR count). The van der Waals surface area contributed by atoms with Crippen LogP contribution in [0, 0.1) is 0 Å². The van der Waals surface area contributed by atoms with Crippen molar-refractivity contribution in [3.8, 4) is 17.2 Å². The van der Waals surface area contributed by atoms with E-state index in [9.17, 15) is 13.3 Å². The molecule has 2 aromatic rings. The van der Waals surface area contributed by atoms with Gasteiger partial charge in [-0.3, -0.25) is 4.98 Å². The van der Waals surface area contributed by atoms with Crippen LogP contribution < -0.4 is 24.8 Å². The van der Waals surface area contributed by atoms with E-state index in [-0.39, 0.29) is 11.5 Å². The third-order valence-electron chi connectivity index (χ3n) is 3.70. The predicted octanol–water partition coefficient (Wildman–Crippen LogP) is 2.77. The normalized spacial score (nSPS) is 16.5. The van der Waals surface area contributed by atoms with E-state index in [0.717, 1.165) is 0 Å². The fourth-order valence-electron chi connectivity index (χ4n) is 2.57. The van der Waals surface area contributed by atoms with Crippen molar-refractivity contribution >= 4 is 22.6 Å². The number of alkyl halides is 2. The Morgan fingerprint density at radius 3 is 2.65 bits per heavy atom. The predicted molar refractivity (Wildman–Crippen MR) is 93.3 cm³/mol. The summed E-state index contributed by atoms with van der Waals surface area (Å²) in [4.78, 5) is 4.21. The van der Waals surface area contributed by atoms with Crippen LogP contribution in [0.3, 0.4) is 0 Å². The Kier molecular flexibility index (Phi) is 5.52. The molecule has 140 valence electrons. The molecule has 0 saturated heterocycles. The molecule has 0 bridgehead atoms. The first-order valence-corrected chi connectivity index (χ1v) is 8.95. The monoisotopic (exact) mass is 385 g/mol. The highest BCUT2D eigenvalue weighted by molar-refractivity contribution is 7.91. The fourth-order valence-corrected chi connectivity index (χ4v) is 3.72. The minimum atomic E-state index is -2.90. The summed E-state index contributed by atoms with van der Waals surface area (Å²) in [6.07, 6.45) is 1.55. The minimum absolute atomic E-state index is 0.0237. The molecule has 26 heavy (non-hydrogen) atoms. The van der Waals surface area contributed by atoms with Gasteiger partial charge in [-0.25, -0.2) is 0 Å². The molecule has 2 N–H and O–H groups in total. The Balaban J connectivity index is 1.71. The van der Waals surface area contributed by atoms with Gasteiger partial charge >= 0.3 is 6.61 Å². The summed E-state index contributed by atoms with van der Waals surface area (Å²) in [5.74, 6) is 1.06. The Morgan fingerprint density at radius 2 is 1.96 bits per heavy atom. The van der Waals surface area contributed by atoms with Crippen molar-refractivity contribution < 1.29 is 27.5 Å². The standard InChI is InChI=1S/C16H17F2N3O4S/c1-23-13-5-6-19-12(14(13)24-2)8-26(22)16-20-10-4-3-9(25-15(17)18)7-11(10)21-16/h3-7,15-16,20-21H,8H2,1-2H3. The molecule has 2 atom stereocenters. The van der Waals surface area contributed by atoms with E-state index in [1.165, 1.54) is 26.4 Å². The first-order chi connectivity index (χ1) is 12.5. The van der Waals surface area contributed by atoms with Crippen molar-refractivity contribution in [3.05, 3.63) is 36.2 Å². The van der Waals surface area contributed by atoms with Gasteiger partial charge < -0.3 is 29.4 Å². The molecule has 1 aliphatic heterocycles. The van der Waals surface area contributed by atoms with E-state index >= 15 is 0 Å². The quantitative estimate of drug-likeness (QED) is 0.709. The summed E-state index contributed by atoms with van der Waals surface area (Å²) in [6.45, 7) is -2.90.